The minimum Gasteiger partial charge on any atom is -0.326 e. The summed E-state index contributed by atoms with van der Waals surface area (Å²) in [6.45, 7) is 0. The molecule has 2 aromatic rings. The van der Waals surface area contributed by atoms with Gasteiger partial charge < -0.3 is 10.6 Å². The van der Waals surface area contributed by atoms with E-state index in [0.29, 0.717) is 31.4 Å². The van der Waals surface area contributed by atoms with Crippen LogP contribution in [0.2, 0.25) is 0 Å². The molecule has 6 heteroatoms. The Kier molecular flexibility index (Phi) is 4.20. The molecule has 1 aromatic carbocycles. The number of fused-ring (bicyclic) bond motifs is 1. The number of anilines is 2. The molecule has 1 aliphatic rings. The molecule has 2 N–H and O–H groups in total. The lowest BCUT2D eigenvalue weighted by Crippen LogP contribution is -2.20. The summed E-state index contributed by atoms with van der Waals surface area (Å²) >= 11 is 1.58. The van der Waals surface area contributed by atoms with E-state index >= 15 is 0 Å². The highest BCUT2D eigenvalue weighted by Gasteiger charge is 2.18. The van der Waals surface area contributed by atoms with E-state index in [4.69, 9.17) is 0 Å². The molecule has 0 spiro atoms. The Hall–Kier alpha value is -2.21. The second-order valence-electron chi connectivity index (χ2n) is 5.22. The van der Waals surface area contributed by atoms with Crippen molar-refractivity contribution in [1.82, 2.24) is 0 Å². The molecule has 0 saturated heterocycles. The van der Waals surface area contributed by atoms with Crippen molar-refractivity contribution in [2.75, 3.05) is 10.6 Å². The van der Waals surface area contributed by atoms with Crippen LogP contribution in [0.25, 0.3) is 0 Å². The summed E-state index contributed by atoms with van der Waals surface area (Å²) in [7, 11) is 0. The lowest BCUT2D eigenvalue weighted by atomic mass is 10.0. The van der Waals surface area contributed by atoms with Crippen molar-refractivity contribution in [1.29, 1.82) is 0 Å². The number of benzene rings is 1. The summed E-state index contributed by atoms with van der Waals surface area (Å²) in [6, 6.07) is 4.83. The van der Waals surface area contributed by atoms with Gasteiger partial charge in [-0.3, -0.25) is 9.59 Å². The maximum Gasteiger partial charge on any atom is 0.224 e. The van der Waals surface area contributed by atoms with Crippen molar-refractivity contribution in [3.63, 3.8) is 0 Å². The number of rotatable bonds is 4. The number of carbonyl (C=O) groups excluding carboxylic acids is 2. The lowest BCUT2D eigenvalue weighted by molar-refractivity contribution is -0.117. The van der Waals surface area contributed by atoms with Gasteiger partial charge in [0.1, 0.15) is 5.82 Å². The molecule has 0 atom stereocenters. The molecule has 0 saturated carbocycles. The van der Waals surface area contributed by atoms with Crippen LogP contribution in [0.15, 0.2) is 29.0 Å². The van der Waals surface area contributed by atoms with Crippen LogP contribution in [-0.2, 0) is 22.4 Å². The van der Waals surface area contributed by atoms with Crippen molar-refractivity contribution >= 4 is 34.5 Å². The first-order chi connectivity index (χ1) is 10.6. The largest absolute Gasteiger partial charge is 0.326 e. The van der Waals surface area contributed by atoms with Gasteiger partial charge in [0.2, 0.25) is 11.8 Å². The third-order valence-corrected chi connectivity index (χ3v) is 4.32. The molecule has 0 radical (unpaired) electrons. The zero-order valence-electron chi connectivity index (χ0n) is 11.8. The fourth-order valence-corrected chi connectivity index (χ4v) is 3.10. The van der Waals surface area contributed by atoms with Gasteiger partial charge in [0.05, 0.1) is 5.69 Å². The molecule has 4 nitrogen and oxygen atoms in total. The quantitative estimate of drug-likeness (QED) is 0.908. The number of hydrogen-bond acceptors (Lipinski definition) is 3. The molecule has 3 rings (SSSR count). The fraction of sp³-hybridized carbons (Fsp3) is 0.250. The van der Waals surface area contributed by atoms with E-state index in [-0.39, 0.29) is 17.5 Å². The SMILES string of the molecule is O=C(CCc1ccsc1)Nc1cc2c(cc1F)CCC(=O)N2. The zero-order valence-corrected chi connectivity index (χ0v) is 12.6. The van der Waals surface area contributed by atoms with Crippen LogP contribution in [-0.4, -0.2) is 11.8 Å². The monoisotopic (exact) mass is 318 g/mol. The van der Waals surface area contributed by atoms with Crippen molar-refractivity contribution < 1.29 is 14.0 Å². The number of aryl methyl sites for hydroxylation is 2. The molecule has 2 amide bonds. The van der Waals surface area contributed by atoms with Gasteiger partial charge >= 0.3 is 0 Å². The maximum atomic E-state index is 14.0. The molecule has 1 aromatic heterocycles. The van der Waals surface area contributed by atoms with Gasteiger partial charge in [-0.15, -0.1) is 0 Å². The number of nitrogens with one attached hydrogen (secondary N) is 2. The molecule has 0 bridgehead atoms. The van der Waals surface area contributed by atoms with Crippen LogP contribution in [0, 0.1) is 5.82 Å². The molecule has 22 heavy (non-hydrogen) atoms. The predicted octanol–water partition coefficient (Wildman–Crippen LogP) is 3.34. The predicted molar refractivity (Wildman–Crippen MR) is 84.6 cm³/mol. The number of amides is 2. The zero-order chi connectivity index (χ0) is 15.5. The summed E-state index contributed by atoms with van der Waals surface area (Å²) in [4.78, 5) is 23.3. The summed E-state index contributed by atoms with van der Waals surface area (Å²) in [5.41, 5.74) is 2.54. The minimum absolute atomic E-state index is 0.0890. The second kappa shape index (κ2) is 6.27. The Labute approximate surface area is 131 Å². The Bertz CT molecular complexity index is 713. The molecular weight excluding hydrogens is 303 g/mol. The van der Waals surface area contributed by atoms with Gasteiger partial charge in [0.25, 0.3) is 0 Å². The van der Waals surface area contributed by atoms with E-state index in [1.807, 2.05) is 16.8 Å². The number of carbonyl (C=O) groups is 2. The molecule has 0 unspecified atom stereocenters. The average molecular weight is 318 g/mol. The highest BCUT2D eigenvalue weighted by Crippen LogP contribution is 2.28. The van der Waals surface area contributed by atoms with E-state index < -0.39 is 5.82 Å². The van der Waals surface area contributed by atoms with E-state index in [9.17, 15) is 14.0 Å². The number of thiophene rings is 1. The van der Waals surface area contributed by atoms with Crippen molar-refractivity contribution in [2.24, 2.45) is 0 Å². The summed E-state index contributed by atoms with van der Waals surface area (Å²) in [6.07, 6.45) is 1.79. The van der Waals surface area contributed by atoms with E-state index in [1.54, 1.807) is 11.3 Å². The first kappa shape index (κ1) is 14.7. The van der Waals surface area contributed by atoms with Gasteiger partial charge in [-0.25, -0.2) is 4.39 Å². The standard InChI is InChI=1S/C16H15FN2O2S/c17-12-7-11-2-4-16(21)18-13(11)8-14(12)19-15(20)3-1-10-5-6-22-9-10/h5-9H,1-4H2,(H,18,21)(H,19,20). The van der Waals surface area contributed by atoms with E-state index in [1.165, 1.54) is 12.1 Å². The second-order valence-corrected chi connectivity index (χ2v) is 6.00. The van der Waals surface area contributed by atoms with Gasteiger partial charge in [-0.1, -0.05) is 0 Å². The third-order valence-electron chi connectivity index (χ3n) is 3.58. The lowest BCUT2D eigenvalue weighted by Gasteiger charge is -2.18. The highest BCUT2D eigenvalue weighted by atomic mass is 32.1. The van der Waals surface area contributed by atoms with E-state index in [2.05, 4.69) is 10.6 Å². The van der Waals surface area contributed by atoms with Crippen LogP contribution in [0.5, 0.6) is 0 Å². The Morgan fingerprint density at radius 1 is 1.36 bits per heavy atom. The average Bonchev–Trinajstić information content (AvgIpc) is 3.00. The third kappa shape index (κ3) is 3.33. The van der Waals surface area contributed by atoms with Gasteiger partial charge in [0, 0.05) is 18.5 Å². The van der Waals surface area contributed by atoms with Gasteiger partial charge in [-0.05, 0) is 52.9 Å². The number of hydrogen-bond donors (Lipinski definition) is 2. The molecule has 114 valence electrons. The van der Waals surface area contributed by atoms with Crippen molar-refractivity contribution in [2.45, 2.75) is 25.7 Å². The Balaban J connectivity index is 1.68. The van der Waals surface area contributed by atoms with Gasteiger partial charge in [-0.2, -0.15) is 11.3 Å². The first-order valence-corrected chi connectivity index (χ1v) is 7.99. The van der Waals surface area contributed by atoms with E-state index in [0.717, 1.165) is 11.1 Å². The highest BCUT2D eigenvalue weighted by molar-refractivity contribution is 7.07. The van der Waals surface area contributed by atoms with Crippen LogP contribution in [0.4, 0.5) is 15.8 Å². The molecule has 0 fully saturated rings. The molecule has 2 heterocycles. The van der Waals surface area contributed by atoms with Crippen LogP contribution in [0.3, 0.4) is 0 Å². The van der Waals surface area contributed by atoms with Crippen LogP contribution in [0.1, 0.15) is 24.0 Å². The summed E-state index contributed by atoms with van der Waals surface area (Å²) < 4.78 is 14.0. The first-order valence-electron chi connectivity index (χ1n) is 7.05. The summed E-state index contributed by atoms with van der Waals surface area (Å²) in [5.74, 6) is -0.806. The Morgan fingerprint density at radius 2 is 2.23 bits per heavy atom. The number of halogens is 1. The fourth-order valence-electron chi connectivity index (χ4n) is 2.40. The summed E-state index contributed by atoms with van der Waals surface area (Å²) in [5, 5.41) is 9.22. The minimum atomic E-state index is -0.473. The Morgan fingerprint density at radius 3 is 3.00 bits per heavy atom. The van der Waals surface area contributed by atoms with Crippen LogP contribution >= 0.6 is 11.3 Å². The molecule has 1 aliphatic heterocycles. The van der Waals surface area contributed by atoms with Crippen molar-refractivity contribution in [3.05, 3.63) is 45.9 Å². The molecule has 0 aliphatic carbocycles. The van der Waals surface area contributed by atoms with Gasteiger partial charge in [0.15, 0.2) is 0 Å². The topological polar surface area (TPSA) is 58.2 Å². The van der Waals surface area contributed by atoms with Crippen molar-refractivity contribution in [3.8, 4) is 0 Å². The van der Waals surface area contributed by atoms with Crippen LogP contribution < -0.4 is 10.6 Å². The molecular formula is C16H15FN2O2S. The normalized spacial score (nSPS) is 13.4. The smallest absolute Gasteiger partial charge is 0.224 e. The maximum absolute atomic E-state index is 14.0.